The molecule has 0 bridgehead atoms. The van der Waals surface area contributed by atoms with Crippen LogP contribution in [-0.2, 0) is 26.7 Å². The lowest BCUT2D eigenvalue weighted by Gasteiger charge is -2.14. The van der Waals surface area contributed by atoms with Gasteiger partial charge in [-0.15, -0.1) is 0 Å². The van der Waals surface area contributed by atoms with Crippen molar-refractivity contribution in [2.75, 3.05) is 6.61 Å². The van der Waals surface area contributed by atoms with E-state index < -0.39 is 47.8 Å². The fourth-order valence-corrected chi connectivity index (χ4v) is 1.39. The van der Waals surface area contributed by atoms with E-state index in [9.17, 15) is 35.9 Å². The number of ether oxygens (including phenoxy) is 2. The summed E-state index contributed by atoms with van der Waals surface area (Å²) < 4.78 is 84.5. The minimum atomic E-state index is -5.07. The Morgan fingerprint density at radius 1 is 1.00 bits per heavy atom. The van der Waals surface area contributed by atoms with Crippen molar-refractivity contribution in [2.45, 2.75) is 19.3 Å². The number of halogens is 6. The maximum atomic E-state index is 12.6. The molecule has 1 aromatic rings. The first kappa shape index (κ1) is 19.5. The van der Waals surface area contributed by atoms with Gasteiger partial charge in [0.2, 0.25) is 0 Å². The molecule has 0 aromatic heterocycles. The zero-order valence-corrected chi connectivity index (χ0v) is 12.0. The zero-order valence-electron chi connectivity index (χ0n) is 12.0. The summed E-state index contributed by atoms with van der Waals surface area (Å²) in [5.41, 5.74) is -3.33. The number of benzene rings is 1. The third kappa shape index (κ3) is 5.60. The van der Waals surface area contributed by atoms with E-state index in [-0.39, 0.29) is 23.8 Å². The Labute approximate surface area is 131 Å². The van der Waals surface area contributed by atoms with Gasteiger partial charge in [-0.3, -0.25) is 0 Å². The van der Waals surface area contributed by atoms with Gasteiger partial charge in [0.15, 0.2) is 6.61 Å². The average Bonchev–Trinajstić information content (AvgIpc) is 2.42. The van der Waals surface area contributed by atoms with Crippen LogP contribution in [0, 0.1) is 0 Å². The molecular formula is C14H10F6O4. The first-order valence-corrected chi connectivity index (χ1v) is 6.13. The van der Waals surface area contributed by atoms with Gasteiger partial charge in [0.25, 0.3) is 0 Å². The molecule has 1 rings (SSSR count). The van der Waals surface area contributed by atoms with Crippen molar-refractivity contribution in [1.29, 1.82) is 0 Å². The van der Waals surface area contributed by atoms with Gasteiger partial charge in [-0.1, -0.05) is 6.58 Å². The van der Waals surface area contributed by atoms with E-state index in [1.807, 2.05) is 0 Å². The van der Waals surface area contributed by atoms with Gasteiger partial charge in [-0.25, -0.2) is 9.59 Å². The van der Waals surface area contributed by atoms with Crippen LogP contribution >= 0.6 is 0 Å². The van der Waals surface area contributed by atoms with Crippen molar-refractivity contribution in [2.24, 2.45) is 0 Å². The van der Waals surface area contributed by atoms with Gasteiger partial charge in [0.05, 0.1) is 11.1 Å². The number of carbonyl (C=O) groups is 2. The number of rotatable bonds is 4. The standard InChI is InChI=1S/C14H10F6O4/c1-7(2)12(22)23-6-11(21)24-10-4-8(13(15,16)17)3-9(5-10)14(18,19)20/h3-5H,1,6H2,2H3. The van der Waals surface area contributed by atoms with Gasteiger partial charge in [0, 0.05) is 5.57 Å². The molecule has 0 unspecified atom stereocenters. The second-order valence-electron chi connectivity index (χ2n) is 4.57. The Balaban J connectivity index is 3.00. The summed E-state index contributed by atoms with van der Waals surface area (Å²) in [6.45, 7) is 3.49. The van der Waals surface area contributed by atoms with Crippen LogP contribution < -0.4 is 4.74 Å². The molecule has 1 aromatic carbocycles. The summed E-state index contributed by atoms with van der Waals surface area (Å²) in [7, 11) is 0. The first-order valence-electron chi connectivity index (χ1n) is 6.13. The fraction of sp³-hybridized carbons (Fsp3) is 0.286. The fourth-order valence-electron chi connectivity index (χ4n) is 1.39. The molecule has 0 aliphatic heterocycles. The molecule has 10 heteroatoms. The highest BCUT2D eigenvalue weighted by Crippen LogP contribution is 2.38. The first-order chi connectivity index (χ1) is 10.8. The van der Waals surface area contributed by atoms with Crippen molar-refractivity contribution >= 4 is 11.9 Å². The molecule has 0 radical (unpaired) electrons. The molecule has 0 N–H and O–H groups in total. The van der Waals surface area contributed by atoms with Gasteiger partial charge >= 0.3 is 24.3 Å². The molecule has 0 heterocycles. The summed E-state index contributed by atoms with van der Waals surface area (Å²) in [5.74, 6) is -3.29. The van der Waals surface area contributed by atoms with Crippen LogP contribution in [-0.4, -0.2) is 18.5 Å². The summed E-state index contributed by atoms with van der Waals surface area (Å²) in [6.07, 6.45) is -10.1. The van der Waals surface area contributed by atoms with Gasteiger partial charge in [-0.2, -0.15) is 26.3 Å². The van der Waals surface area contributed by atoms with Crippen molar-refractivity contribution in [1.82, 2.24) is 0 Å². The third-order valence-electron chi connectivity index (χ3n) is 2.46. The van der Waals surface area contributed by atoms with Crippen LogP contribution in [0.15, 0.2) is 30.4 Å². The molecule has 132 valence electrons. The Bertz CT molecular complexity index is 628. The molecule has 4 nitrogen and oxygen atoms in total. The molecule has 0 aliphatic carbocycles. The largest absolute Gasteiger partial charge is 0.450 e. The van der Waals surface area contributed by atoms with Gasteiger partial charge < -0.3 is 9.47 Å². The van der Waals surface area contributed by atoms with E-state index in [1.54, 1.807) is 0 Å². The smallest absolute Gasteiger partial charge is 0.416 e. The number of carbonyl (C=O) groups excluding carboxylic acids is 2. The maximum Gasteiger partial charge on any atom is 0.416 e. The molecule has 0 saturated carbocycles. The summed E-state index contributed by atoms with van der Waals surface area (Å²) >= 11 is 0. The van der Waals surface area contributed by atoms with E-state index in [0.717, 1.165) is 0 Å². The number of hydrogen-bond acceptors (Lipinski definition) is 4. The minimum Gasteiger partial charge on any atom is -0.450 e. The van der Waals surface area contributed by atoms with Gasteiger partial charge in [-0.05, 0) is 25.1 Å². The van der Waals surface area contributed by atoms with Crippen molar-refractivity contribution in [3.8, 4) is 5.75 Å². The van der Waals surface area contributed by atoms with E-state index >= 15 is 0 Å². The number of esters is 2. The molecule has 0 atom stereocenters. The Kier molecular flexibility index (Phi) is 5.64. The molecule has 0 aliphatic rings. The van der Waals surface area contributed by atoms with Crippen LogP contribution in [0.3, 0.4) is 0 Å². The summed E-state index contributed by atoms with van der Waals surface area (Å²) in [5, 5.41) is 0. The van der Waals surface area contributed by atoms with Crippen molar-refractivity contribution in [3.63, 3.8) is 0 Å². The van der Waals surface area contributed by atoms with Crippen LogP contribution in [0.25, 0.3) is 0 Å². The van der Waals surface area contributed by atoms with Crippen LogP contribution in [0.2, 0.25) is 0 Å². The number of alkyl halides is 6. The highest BCUT2D eigenvalue weighted by Gasteiger charge is 2.37. The zero-order chi connectivity index (χ0) is 18.7. The Hall–Kier alpha value is -2.52. The van der Waals surface area contributed by atoms with E-state index in [1.165, 1.54) is 6.92 Å². The topological polar surface area (TPSA) is 52.6 Å². The second kappa shape index (κ2) is 6.93. The lowest BCUT2D eigenvalue weighted by atomic mass is 10.1. The summed E-state index contributed by atoms with van der Waals surface area (Å²) in [4.78, 5) is 22.4. The van der Waals surface area contributed by atoms with E-state index in [4.69, 9.17) is 0 Å². The molecule has 0 amide bonds. The average molecular weight is 356 g/mol. The monoisotopic (exact) mass is 356 g/mol. The second-order valence-corrected chi connectivity index (χ2v) is 4.57. The van der Waals surface area contributed by atoms with E-state index in [0.29, 0.717) is 0 Å². The SMILES string of the molecule is C=C(C)C(=O)OCC(=O)Oc1cc(C(F)(F)F)cc(C(F)(F)F)c1. The Morgan fingerprint density at radius 3 is 1.83 bits per heavy atom. The lowest BCUT2D eigenvalue weighted by molar-refractivity contribution is -0.151. The third-order valence-corrected chi connectivity index (χ3v) is 2.46. The maximum absolute atomic E-state index is 12.6. The predicted octanol–water partition coefficient (Wildman–Crippen LogP) is 3.75. The molecule has 0 spiro atoms. The molecule has 0 fully saturated rings. The highest BCUT2D eigenvalue weighted by molar-refractivity contribution is 5.88. The van der Waals surface area contributed by atoms with Crippen LogP contribution in [0.1, 0.15) is 18.1 Å². The van der Waals surface area contributed by atoms with Crippen LogP contribution in [0.4, 0.5) is 26.3 Å². The lowest BCUT2D eigenvalue weighted by Crippen LogP contribution is -2.20. The number of hydrogen-bond donors (Lipinski definition) is 0. The molecular weight excluding hydrogens is 346 g/mol. The normalized spacial score (nSPS) is 11.8. The predicted molar refractivity (Wildman–Crippen MR) is 67.9 cm³/mol. The minimum absolute atomic E-state index is 0.0544. The van der Waals surface area contributed by atoms with Crippen LogP contribution in [0.5, 0.6) is 5.75 Å². The van der Waals surface area contributed by atoms with Crippen molar-refractivity contribution in [3.05, 3.63) is 41.5 Å². The van der Waals surface area contributed by atoms with Crippen molar-refractivity contribution < 1.29 is 45.4 Å². The molecule has 24 heavy (non-hydrogen) atoms. The Morgan fingerprint density at radius 2 is 1.46 bits per heavy atom. The van der Waals surface area contributed by atoms with E-state index in [2.05, 4.69) is 16.1 Å². The van der Waals surface area contributed by atoms with Gasteiger partial charge in [0.1, 0.15) is 5.75 Å². The summed E-state index contributed by atoms with van der Waals surface area (Å²) in [6, 6.07) is 0.347. The molecule has 0 saturated heterocycles. The highest BCUT2D eigenvalue weighted by atomic mass is 19.4. The quantitative estimate of drug-likeness (QED) is 0.357.